The number of piperazine rings is 1. The lowest BCUT2D eigenvalue weighted by Gasteiger charge is -2.35. The lowest BCUT2D eigenvalue weighted by molar-refractivity contribution is 0.271. The normalized spacial score (nSPS) is 17.5. The van der Waals surface area contributed by atoms with Crippen LogP contribution in [0.15, 0.2) is 18.3 Å². The topological polar surface area (TPSA) is 62.7 Å². The number of rotatable bonds is 2. The summed E-state index contributed by atoms with van der Waals surface area (Å²) in [6, 6.07) is 4.12. The Morgan fingerprint density at radius 3 is 2.78 bits per heavy atom. The third-order valence-corrected chi connectivity index (χ3v) is 3.52. The number of fused-ring (bicyclic) bond motifs is 1. The summed E-state index contributed by atoms with van der Waals surface area (Å²) in [4.78, 5) is 9.04. The highest BCUT2D eigenvalue weighted by Gasteiger charge is 2.16. The van der Waals surface area contributed by atoms with E-state index in [9.17, 15) is 0 Å². The minimum Gasteiger partial charge on any atom is -0.369 e. The number of aromatic nitrogens is 3. The molecule has 1 aliphatic heterocycles. The molecule has 6 nitrogen and oxygen atoms in total. The van der Waals surface area contributed by atoms with Gasteiger partial charge in [0, 0.05) is 44.1 Å². The first-order chi connectivity index (χ1) is 8.76. The van der Waals surface area contributed by atoms with E-state index in [1.807, 2.05) is 12.3 Å². The maximum absolute atomic E-state index is 5.59. The molecule has 2 N–H and O–H groups in total. The molecule has 18 heavy (non-hydrogen) atoms. The van der Waals surface area contributed by atoms with Crippen LogP contribution in [0.4, 0.5) is 11.6 Å². The second-order valence-electron chi connectivity index (χ2n) is 4.58. The van der Waals surface area contributed by atoms with Gasteiger partial charge in [-0.1, -0.05) is 6.92 Å². The van der Waals surface area contributed by atoms with Gasteiger partial charge < -0.3 is 15.5 Å². The lowest BCUT2D eigenvalue weighted by atomic mass is 10.2. The van der Waals surface area contributed by atoms with Gasteiger partial charge in [-0.2, -0.15) is 4.98 Å². The number of nitrogens with zero attached hydrogens (tertiary/aromatic N) is 5. The molecule has 0 bridgehead atoms. The highest BCUT2D eigenvalue weighted by atomic mass is 15.3. The Kier molecular flexibility index (Phi) is 2.79. The van der Waals surface area contributed by atoms with Gasteiger partial charge in [-0.05, 0) is 12.6 Å². The molecule has 1 fully saturated rings. The maximum Gasteiger partial charge on any atom is 0.240 e. The highest BCUT2D eigenvalue weighted by Crippen LogP contribution is 2.18. The van der Waals surface area contributed by atoms with Crippen LogP contribution in [0.2, 0.25) is 0 Å². The zero-order valence-electron chi connectivity index (χ0n) is 10.6. The first kappa shape index (κ1) is 11.3. The van der Waals surface area contributed by atoms with Crippen LogP contribution in [-0.4, -0.2) is 52.2 Å². The van der Waals surface area contributed by atoms with Crippen LogP contribution < -0.4 is 10.6 Å². The smallest absolute Gasteiger partial charge is 0.240 e. The molecular formula is C12H18N6. The predicted octanol–water partition coefficient (Wildman–Crippen LogP) is 0.453. The van der Waals surface area contributed by atoms with Crippen LogP contribution in [0.1, 0.15) is 6.92 Å². The van der Waals surface area contributed by atoms with Crippen LogP contribution in [0.5, 0.6) is 0 Å². The first-order valence-electron chi connectivity index (χ1n) is 6.35. The van der Waals surface area contributed by atoms with Gasteiger partial charge in [0.15, 0.2) is 5.65 Å². The van der Waals surface area contributed by atoms with E-state index >= 15 is 0 Å². The van der Waals surface area contributed by atoms with Crippen molar-refractivity contribution in [2.24, 2.45) is 0 Å². The van der Waals surface area contributed by atoms with Crippen LogP contribution in [0, 0.1) is 0 Å². The van der Waals surface area contributed by atoms with E-state index in [-0.39, 0.29) is 0 Å². The van der Waals surface area contributed by atoms with E-state index in [2.05, 4.69) is 32.9 Å². The molecule has 0 aromatic carbocycles. The van der Waals surface area contributed by atoms with Crippen molar-refractivity contribution in [2.75, 3.05) is 43.4 Å². The molecule has 1 saturated heterocycles. The number of anilines is 2. The Balaban J connectivity index is 1.82. The predicted molar refractivity (Wildman–Crippen MR) is 71.7 cm³/mol. The molecule has 0 saturated carbocycles. The second kappa shape index (κ2) is 4.45. The first-order valence-corrected chi connectivity index (χ1v) is 6.35. The van der Waals surface area contributed by atoms with E-state index in [1.54, 1.807) is 4.52 Å². The van der Waals surface area contributed by atoms with Gasteiger partial charge in [-0.25, -0.2) is 4.52 Å². The molecule has 0 amide bonds. The minimum atomic E-state index is 0.322. The summed E-state index contributed by atoms with van der Waals surface area (Å²) in [7, 11) is 0. The third-order valence-electron chi connectivity index (χ3n) is 3.52. The fraction of sp³-hybridized carbons (Fsp3) is 0.500. The molecule has 0 atom stereocenters. The summed E-state index contributed by atoms with van der Waals surface area (Å²) >= 11 is 0. The van der Waals surface area contributed by atoms with E-state index in [0.717, 1.165) is 38.4 Å². The Morgan fingerprint density at radius 2 is 2.06 bits per heavy atom. The van der Waals surface area contributed by atoms with E-state index in [0.29, 0.717) is 5.95 Å². The average Bonchev–Trinajstić information content (AvgIpc) is 2.78. The number of nitrogens with two attached hydrogens (primary N) is 1. The molecule has 96 valence electrons. The van der Waals surface area contributed by atoms with Crippen molar-refractivity contribution in [3.63, 3.8) is 0 Å². The summed E-state index contributed by atoms with van der Waals surface area (Å²) in [5.74, 6) is 0.322. The van der Waals surface area contributed by atoms with Gasteiger partial charge >= 0.3 is 0 Å². The van der Waals surface area contributed by atoms with Gasteiger partial charge in [0.1, 0.15) is 0 Å². The number of likely N-dealkylation sites (N-methyl/N-ethyl adjacent to an activating group) is 1. The Morgan fingerprint density at radius 1 is 1.28 bits per heavy atom. The lowest BCUT2D eigenvalue weighted by Crippen LogP contribution is -2.46. The maximum atomic E-state index is 5.59. The average molecular weight is 246 g/mol. The fourth-order valence-corrected chi connectivity index (χ4v) is 2.41. The largest absolute Gasteiger partial charge is 0.369 e. The van der Waals surface area contributed by atoms with Crippen molar-refractivity contribution in [1.82, 2.24) is 19.5 Å². The number of hydrogen-bond acceptors (Lipinski definition) is 5. The van der Waals surface area contributed by atoms with E-state index in [4.69, 9.17) is 5.73 Å². The SMILES string of the molecule is CCN1CCN(c2ccn3nc(N)nc3c2)CC1. The van der Waals surface area contributed by atoms with Crippen LogP contribution in [-0.2, 0) is 0 Å². The van der Waals surface area contributed by atoms with Crippen molar-refractivity contribution in [3.05, 3.63) is 18.3 Å². The van der Waals surface area contributed by atoms with Crippen molar-refractivity contribution >= 4 is 17.3 Å². The Bertz CT molecular complexity index is 540. The third kappa shape index (κ3) is 1.99. The molecule has 6 heteroatoms. The molecule has 0 unspecified atom stereocenters. The van der Waals surface area contributed by atoms with Gasteiger partial charge in [-0.15, -0.1) is 5.10 Å². The summed E-state index contributed by atoms with van der Waals surface area (Å²) in [6.45, 7) is 7.71. The van der Waals surface area contributed by atoms with Crippen molar-refractivity contribution in [2.45, 2.75) is 6.92 Å². The summed E-state index contributed by atoms with van der Waals surface area (Å²) in [5, 5.41) is 4.08. The molecule has 2 aromatic heterocycles. The van der Waals surface area contributed by atoms with Gasteiger partial charge in [0.05, 0.1) is 0 Å². The van der Waals surface area contributed by atoms with Gasteiger partial charge in [-0.3, -0.25) is 0 Å². The van der Waals surface area contributed by atoms with Crippen molar-refractivity contribution in [1.29, 1.82) is 0 Å². The van der Waals surface area contributed by atoms with Crippen LogP contribution in [0.3, 0.4) is 0 Å². The molecule has 1 aliphatic rings. The van der Waals surface area contributed by atoms with Crippen LogP contribution in [0.25, 0.3) is 5.65 Å². The fourth-order valence-electron chi connectivity index (χ4n) is 2.41. The summed E-state index contributed by atoms with van der Waals surface area (Å²) in [5.41, 5.74) is 7.60. The molecule has 0 spiro atoms. The van der Waals surface area contributed by atoms with E-state index in [1.165, 1.54) is 5.69 Å². The number of nitrogen functional groups attached to an aromatic ring is 1. The summed E-state index contributed by atoms with van der Waals surface area (Å²) in [6.07, 6.45) is 1.92. The molecular weight excluding hydrogens is 228 g/mol. The number of hydrogen-bond donors (Lipinski definition) is 1. The Labute approximate surface area is 106 Å². The Hall–Kier alpha value is -1.82. The zero-order chi connectivity index (χ0) is 12.5. The quantitative estimate of drug-likeness (QED) is 0.833. The molecule has 0 aliphatic carbocycles. The standard InChI is InChI=1S/C12H18N6/c1-2-16-5-7-17(8-6-16)10-3-4-18-11(9-10)14-12(13)15-18/h3-4,9H,2,5-8H2,1H3,(H2,13,15). The van der Waals surface area contributed by atoms with Crippen LogP contribution >= 0.6 is 0 Å². The molecule has 0 radical (unpaired) electrons. The number of pyridine rings is 1. The van der Waals surface area contributed by atoms with Crippen molar-refractivity contribution in [3.8, 4) is 0 Å². The zero-order valence-corrected chi connectivity index (χ0v) is 10.6. The molecule has 2 aromatic rings. The van der Waals surface area contributed by atoms with E-state index < -0.39 is 0 Å². The monoisotopic (exact) mass is 246 g/mol. The molecule has 3 rings (SSSR count). The van der Waals surface area contributed by atoms with Gasteiger partial charge in [0.2, 0.25) is 5.95 Å². The molecule has 3 heterocycles. The summed E-state index contributed by atoms with van der Waals surface area (Å²) < 4.78 is 1.71. The highest BCUT2D eigenvalue weighted by molar-refractivity contribution is 5.57. The second-order valence-corrected chi connectivity index (χ2v) is 4.58. The van der Waals surface area contributed by atoms with Crippen molar-refractivity contribution < 1.29 is 0 Å². The van der Waals surface area contributed by atoms with Gasteiger partial charge in [0.25, 0.3) is 0 Å². The minimum absolute atomic E-state index is 0.322.